The molecule has 0 aliphatic carbocycles. The van der Waals surface area contributed by atoms with E-state index in [2.05, 4.69) is 17.2 Å². The number of rotatable bonds is 7. The standard InChI is InChI=1S/C23H25N3O3S/c1-5-13-29-17-10-8-9-16(14-17)21-20(15(2)26(3)23(30)25-21)22(27)24-18-11-6-7-12-19(18)28-4/h5-12,14,21H,1,13H2,2-4H3,(H,24,27)(H,25,30)/t21-/m1/s1. The highest BCUT2D eigenvalue weighted by Crippen LogP contribution is 2.33. The van der Waals surface area contributed by atoms with Gasteiger partial charge in [0.15, 0.2) is 5.11 Å². The van der Waals surface area contributed by atoms with Crippen molar-refractivity contribution in [3.05, 3.63) is 78.0 Å². The molecule has 0 radical (unpaired) electrons. The zero-order valence-corrected chi connectivity index (χ0v) is 18.1. The number of thiocarbonyl (C=S) groups is 1. The molecule has 7 heteroatoms. The Kier molecular flexibility index (Phi) is 6.74. The van der Waals surface area contributed by atoms with Gasteiger partial charge in [-0.15, -0.1) is 0 Å². The number of hydrogen-bond acceptors (Lipinski definition) is 4. The lowest BCUT2D eigenvalue weighted by molar-refractivity contribution is -0.113. The van der Waals surface area contributed by atoms with E-state index in [9.17, 15) is 4.79 Å². The second kappa shape index (κ2) is 9.45. The van der Waals surface area contributed by atoms with Gasteiger partial charge in [0.05, 0.1) is 24.4 Å². The molecule has 0 saturated carbocycles. The summed E-state index contributed by atoms with van der Waals surface area (Å²) in [7, 11) is 3.41. The minimum Gasteiger partial charge on any atom is -0.495 e. The zero-order chi connectivity index (χ0) is 21.7. The number of para-hydroxylation sites is 2. The van der Waals surface area contributed by atoms with Crippen LogP contribution >= 0.6 is 12.2 Å². The second-order valence-corrected chi connectivity index (χ2v) is 7.15. The number of nitrogens with zero attached hydrogens (tertiary/aromatic N) is 1. The molecule has 1 heterocycles. The van der Waals surface area contributed by atoms with Crippen molar-refractivity contribution in [2.45, 2.75) is 13.0 Å². The van der Waals surface area contributed by atoms with Gasteiger partial charge in [-0.05, 0) is 49.0 Å². The van der Waals surface area contributed by atoms with Gasteiger partial charge in [0.2, 0.25) is 0 Å². The van der Waals surface area contributed by atoms with E-state index in [0.29, 0.717) is 34.5 Å². The van der Waals surface area contributed by atoms with Crippen molar-refractivity contribution in [1.82, 2.24) is 10.2 Å². The van der Waals surface area contributed by atoms with E-state index in [1.54, 1.807) is 30.2 Å². The van der Waals surface area contributed by atoms with Gasteiger partial charge in [0, 0.05) is 12.7 Å². The third kappa shape index (κ3) is 4.46. The fourth-order valence-electron chi connectivity index (χ4n) is 3.26. The van der Waals surface area contributed by atoms with E-state index in [1.807, 2.05) is 50.4 Å². The van der Waals surface area contributed by atoms with Gasteiger partial charge >= 0.3 is 0 Å². The number of hydrogen-bond donors (Lipinski definition) is 2. The summed E-state index contributed by atoms with van der Waals surface area (Å²) in [6.45, 7) is 5.96. The Balaban J connectivity index is 1.99. The number of nitrogens with one attached hydrogen (secondary N) is 2. The molecule has 30 heavy (non-hydrogen) atoms. The van der Waals surface area contributed by atoms with E-state index in [0.717, 1.165) is 11.3 Å². The fraction of sp³-hybridized carbons (Fsp3) is 0.217. The van der Waals surface area contributed by atoms with E-state index in [-0.39, 0.29) is 5.91 Å². The van der Waals surface area contributed by atoms with Crippen molar-refractivity contribution < 1.29 is 14.3 Å². The summed E-state index contributed by atoms with van der Waals surface area (Å²) in [5.74, 6) is 1.05. The average molecular weight is 424 g/mol. The molecular weight excluding hydrogens is 398 g/mol. The van der Waals surface area contributed by atoms with E-state index in [4.69, 9.17) is 21.7 Å². The Morgan fingerprint density at radius 1 is 1.30 bits per heavy atom. The first-order chi connectivity index (χ1) is 14.5. The lowest BCUT2D eigenvalue weighted by atomic mass is 9.94. The number of carbonyl (C=O) groups excluding carboxylic acids is 1. The highest BCUT2D eigenvalue weighted by molar-refractivity contribution is 7.80. The maximum Gasteiger partial charge on any atom is 0.255 e. The highest BCUT2D eigenvalue weighted by atomic mass is 32.1. The van der Waals surface area contributed by atoms with E-state index >= 15 is 0 Å². The maximum absolute atomic E-state index is 13.4. The van der Waals surface area contributed by atoms with Gasteiger partial charge in [-0.3, -0.25) is 4.79 Å². The SMILES string of the molecule is C=CCOc1cccc([C@H]2NC(=S)N(C)C(C)=C2C(=O)Nc2ccccc2OC)c1. The van der Waals surface area contributed by atoms with Crippen LogP contribution in [0.3, 0.4) is 0 Å². The second-order valence-electron chi connectivity index (χ2n) is 6.77. The van der Waals surface area contributed by atoms with Crippen LogP contribution in [0.2, 0.25) is 0 Å². The summed E-state index contributed by atoms with van der Waals surface area (Å²) in [5, 5.41) is 6.79. The van der Waals surface area contributed by atoms with Crippen LogP contribution in [0, 0.1) is 0 Å². The van der Waals surface area contributed by atoms with E-state index < -0.39 is 6.04 Å². The number of ether oxygens (including phenoxy) is 2. The monoisotopic (exact) mass is 423 g/mol. The molecule has 1 amide bonds. The number of amides is 1. The molecule has 0 unspecified atom stereocenters. The third-order valence-electron chi connectivity index (χ3n) is 4.91. The normalized spacial score (nSPS) is 16.0. The Hall–Kier alpha value is -3.32. The predicted molar refractivity (Wildman–Crippen MR) is 123 cm³/mol. The molecule has 6 nitrogen and oxygen atoms in total. The topological polar surface area (TPSA) is 62.8 Å². The maximum atomic E-state index is 13.4. The number of benzene rings is 2. The molecular formula is C23H25N3O3S. The molecule has 0 aromatic heterocycles. The van der Waals surface area contributed by atoms with Crippen LogP contribution in [0.1, 0.15) is 18.5 Å². The van der Waals surface area contributed by atoms with Gasteiger partial charge in [0.1, 0.15) is 18.1 Å². The summed E-state index contributed by atoms with van der Waals surface area (Å²) in [6.07, 6.45) is 1.69. The minimum atomic E-state index is -0.421. The summed E-state index contributed by atoms with van der Waals surface area (Å²) in [4.78, 5) is 15.2. The van der Waals surface area contributed by atoms with Crippen LogP contribution in [0.5, 0.6) is 11.5 Å². The molecule has 0 saturated heterocycles. The van der Waals surface area contributed by atoms with Crippen molar-refractivity contribution >= 4 is 28.9 Å². The summed E-state index contributed by atoms with van der Waals surface area (Å²) >= 11 is 5.48. The molecule has 1 aliphatic rings. The Morgan fingerprint density at radius 3 is 2.80 bits per heavy atom. The number of methoxy groups -OCH3 is 1. The van der Waals surface area contributed by atoms with Crippen molar-refractivity contribution in [1.29, 1.82) is 0 Å². The van der Waals surface area contributed by atoms with Gasteiger partial charge in [-0.2, -0.15) is 0 Å². The van der Waals surface area contributed by atoms with Crippen LogP contribution in [-0.2, 0) is 4.79 Å². The van der Waals surface area contributed by atoms with Crippen LogP contribution in [-0.4, -0.2) is 36.7 Å². The van der Waals surface area contributed by atoms with Gasteiger partial charge in [-0.1, -0.05) is 36.9 Å². The molecule has 0 bridgehead atoms. The number of anilines is 1. The minimum absolute atomic E-state index is 0.235. The quantitative estimate of drug-likeness (QED) is 0.518. The molecule has 1 atom stereocenters. The van der Waals surface area contributed by atoms with E-state index in [1.165, 1.54) is 0 Å². The third-order valence-corrected chi connectivity index (χ3v) is 5.30. The molecule has 2 aromatic carbocycles. The molecule has 0 fully saturated rings. The lowest BCUT2D eigenvalue weighted by Crippen LogP contribution is -2.46. The van der Waals surface area contributed by atoms with Crippen LogP contribution in [0.25, 0.3) is 0 Å². The molecule has 1 aliphatic heterocycles. The van der Waals surface area contributed by atoms with Crippen molar-refractivity contribution in [3.8, 4) is 11.5 Å². The van der Waals surface area contributed by atoms with Crippen LogP contribution in [0.4, 0.5) is 5.69 Å². The van der Waals surface area contributed by atoms with Gasteiger partial charge in [-0.25, -0.2) is 0 Å². The fourth-order valence-corrected chi connectivity index (χ4v) is 3.51. The first-order valence-corrected chi connectivity index (χ1v) is 9.90. The lowest BCUT2D eigenvalue weighted by Gasteiger charge is -2.36. The summed E-state index contributed by atoms with van der Waals surface area (Å²) in [5.41, 5.74) is 2.81. The van der Waals surface area contributed by atoms with Crippen LogP contribution < -0.4 is 20.1 Å². The Labute approximate surface area is 182 Å². The number of allylic oxidation sites excluding steroid dienone is 1. The molecule has 3 rings (SSSR count). The Morgan fingerprint density at radius 2 is 2.07 bits per heavy atom. The molecule has 0 spiro atoms. The largest absolute Gasteiger partial charge is 0.495 e. The summed E-state index contributed by atoms with van der Waals surface area (Å²) in [6, 6.07) is 14.5. The molecule has 2 N–H and O–H groups in total. The Bertz CT molecular complexity index is 1000. The van der Waals surface area contributed by atoms with Gasteiger partial charge in [0.25, 0.3) is 5.91 Å². The molecule has 156 valence electrons. The first-order valence-electron chi connectivity index (χ1n) is 9.49. The van der Waals surface area contributed by atoms with Gasteiger partial charge < -0.3 is 25.0 Å². The van der Waals surface area contributed by atoms with Crippen molar-refractivity contribution in [2.24, 2.45) is 0 Å². The highest BCUT2D eigenvalue weighted by Gasteiger charge is 2.33. The summed E-state index contributed by atoms with van der Waals surface area (Å²) < 4.78 is 11.0. The zero-order valence-electron chi connectivity index (χ0n) is 17.3. The molecule has 2 aromatic rings. The number of carbonyl (C=O) groups is 1. The predicted octanol–water partition coefficient (Wildman–Crippen LogP) is 4.03. The van der Waals surface area contributed by atoms with Crippen molar-refractivity contribution in [2.75, 3.05) is 26.1 Å². The average Bonchev–Trinajstić information content (AvgIpc) is 2.76. The first kappa shape index (κ1) is 21.4. The van der Waals surface area contributed by atoms with Crippen LogP contribution in [0.15, 0.2) is 72.5 Å². The smallest absolute Gasteiger partial charge is 0.255 e. The van der Waals surface area contributed by atoms with Crippen molar-refractivity contribution in [3.63, 3.8) is 0 Å².